The van der Waals surface area contributed by atoms with E-state index in [1.807, 2.05) is 18.7 Å². The molecule has 2 rings (SSSR count). The van der Waals surface area contributed by atoms with Gasteiger partial charge in [0.25, 0.3) is 0 Å². The van der Waals surface area contributed by atoms with Crippen molar-refractivity contribution in [3.63, 3.8) is 0 Å². The van der Waals surface area contributed by atoms with E-state index in [2.05, 4.69) is 37.4 Å². The molecule has 0 spiro atoms. The molecule has 1 saturated carbocycles. The van der Waals surface area contributed by atoms with Gasteiger partial charge in [-0.1, -0.05) is 17.7 Å². The number of carbonyl (C=O) groups excluding carboxylic acids is 1. The van der Waals surface area contributed by atoms with Crippen LogP contribution in [0.1, 0.15) is 37.3 Å². The Morgan fingerprint density at radius 3 is 2.71 bits per heavy atom. The summed E-state index contributed by atoms with van der Waals surface area (Å²) >= 11 is 1.81. The summed E-state index contributed by atoms with van der Waals surface area (Å²) in [6.45, 7) is 6.20. The predicted molar refractivity (Wildman–Crippen MR) is 87.8 cm³/mol. The average molecular weight is 307 g/mol. The molecule has 1 aromatic carbocycles. The van der Waals surface area contributed by atoms with Crippen LogP contribution < -0.4 is 5.32 Å². The van der Waals surface area contributed by atoms with Gasteiger partial charge in [0.1, 0.15) is 5.54 Å². The minimum Gasteiger partial charge on any atom is -0.468 e. The van der Waals surface area contributed by atoms with Crippen molar-refractivity contribution in [3.05, 3.63) is 29.3 Å². The van der Waals surface area contributed by atoms with E-state index < -0.39 is 5.54 Å². The molecule has 0 bridgehead atoms. The highest BCUT2D eigenvalue weighted by Crippen LogP contribution is 2.29. The number of rotatable bonds is 7. The Balaban J connectivity index is 1.93. The highest BCUT2D eigenvalue weighted by molar-refractivity contribution is 7.99. The lowest BCUT2D eigenvalue weighted by Crippen LogP contribution is -2.51. The summed E-state index contributed by atoms with van der Waals surface area (Å²) in [5.41, 5.74) is 2.02. The maximum Gasteiger partial charge on any atom is 0.325 e. The molecular weight excluding hydrogens is 282 g/mol. The van der Waals surface area contributed by atoms with E-state index in [0.29, 0.717) is 6.04 Å². The second-order valence-electron chi connectivity index (χ2n) is 6.11. The van der Waals surface area contributed by atoms with Gasteiger partial charge in [-0.3, -0.25) is 10.1 Å². The van der Waals surface area contributed by atoms with Gasteiger partial charge in [0.05, 0.1) is 7.11 Å². The number of methoxy groups -OCH3 is 1. The number of benzene rings is 1. The quantitative estimate of drug-likeness (QED) is 0.618. The van der Waals surface area contributed by atoms with E-state index >= 15 is 0 Å². The number of aryl methyl sites for hydroxylation is 2. The van der Waals surface area contributed by atoms with Crippen molar-refractivity contribution in [2.75, 3.05) is 12.9 Å². The summed E-state index contributed by atoms with van der Waals surface area (Å²) in [5.74, 6) is 0.741. The molecule has 1 atom stereocenters. The molecule has 1 unspecified atom stereocenters. The zero-order valence-corrected chi connectivity index (χ0v) is 14.2. The van der Waals surface area contributed by atoms with E-state index in [0.717, 1.165) is 25.0 Å². The third-order valence-corrected chi connectivity index (χ3v) is 5.10. The largest absolute Gasteiger partial charge is 0.468 e. The summed E-state index contributed by atoms with van der Waals surface area (Å²) in [7, 11) is 1.46. The lowest BCUT2D eigenvalue weighted by molar-refractivity contribution is -0.148. The van der Waals surface area contributed by atoms with Gasteiger partial charge in [0.2, 0.25) is 0 Å². The van der Waals surface area contributed by atoms with Crippen LogP contribution in [-0.4, -0.2) is 30.4 Å². The van der Waals surface area contributed by atoms with E-state index in [9.17, 15) is 4.79 Å². The minimum absolute atomic E-state index is 0.157. The Labute approximate surface area is 131 Å². The van der Waals surface area contributed by atoms with E-state index in [1.165, 1.54) is 23.1 Å². The molecule has 0 aromatic heterocycles. The summed E-state index contributed by atoms with van der Waals surface area (Å²) in [6, 6.07) is 6.99. The SMILES string of the molecule is COC(=O)C(C)(CCSc1ccc(C)cc1C)NC1CC1. The highest BCUT2D eigenvalue weighted by atomic mass is 32.2. The predicted octanol–water partition coefficient (Wildman–Crippen LogP) is 3.47. The van der Waals surface area contributed by atoms with Crippen LogP contribution in [0.2, 0.25) is 0 Å². The third-order valence-electron chi connectivity index (χ3n) is 3.93. The lowest BCUT2D eigenvalue weighted by atomic mass is 9.99. The van der Waals surface area contributed by atoms with Crippen LogP contribution in [0.5, 0.6) is 0 Å². The van der Waals surface area contributed by atoms with Gasteiger partial charge in [-0.05, 0) is 51.7 Å². The maximum atomic E-state index is 12.1. The molecule has 1 aliphatic rings. The Bertz CT molecular complexity index is 514. The topological polar surface area (TPSA) is 38.3 Å². The smallest absolute Gasteiger partial charge is 0.325 e. The van der Waals surface area contributed by atoms with Gasteiger partial charge < -0.3 is 4.74 Å². The molecule has 3 nitrogen and oxygen atoms in total. The molecule has 21 heavy (non-hydrogen) atoms. The van der Waals surface area contributed by atoms with Crippen LogP contribution >= 0.6 is 11.8 Å². The first-order valence-corrected chi connectivity index (χ1v) is 8.49. The Morgan fingerprint density at radius 1 is 1.43 bits per heavy atom. The van der Waals surface area contributed by atoms with Crippen molar-refractivity contribution in [3.8, 4) is 0 Å². The van der Waals surface area contributed by atoms with Crippen molar-refractivity contribution in [2.24, 2.45) is 0 Å². The van der Waals surface area contributed by atoms with Crippen LogP contribution in [-0.2, 0) is 9.53 Å². The summed E-state index contributed by atoms with van der Waals surface area (Å²) in [5, 5.41) is 3.44. The molecule has 1 fully saturated rings. The van der Waals surface area contributed by atoms with Crippen molar-refractivity contribution in [2.45, 2.75) is 56.5 Å². The second kappa shape index (κ2) is 6.84. The van der Waals surface area contributed by atoms with Gasteiger partial charge >= 0.3 is 5.97 Å². The minimum atomic E-state index is -0.568. The fraction of sp³-hybridized carbons (Fsp3) is 0.588. The summed E-state index contributed by atoms with van der Waals surface area (Å²) in [4.78, 5) is 13.3. The molecule has 0 heterocycles. The van der Waals surface area contributed by atoms with Crippen molar-refractivity contribution >= 4 is 17.7 Å². The van der Waals surface area contributed by atoms with Gasteiger partial charge in [-0.2, -0.15) is 0 Å². The zero-order chi connectivity index (χ0) is 15.5. The van der Waals surface area contributed by atoms with E-state index in [4.69, 9.17) is 4.74 Å². The number of nitrogens with one attached hydrogen (secondary N) is 1. The number of hydrogen-bond donors (Lipinski definition) is 1. The molecule has 0 aliphatic heterocycles. The fourth-order valence-electron chi connectivity index (χ4n) is 2.46. The first-order chi connectivity index (χ1) is 9.94. The number of esters is 1. The number of carbonyl (C=O) groups is 1. The standard InChI is InChI=1S/C17H25NO2S/c1-12-5-8-15(13(2)11-12)21-10-9-17(3,16(19)20-4)18-14-6-7-14/h5,8,11,14,18H,6-7,9-10H2,1-4H3. The van der Waals surface area contributed by atoms with Crippen molar-refractivity contribution in [1.82, 2.24) is 5.32 Å². The second-order valence-corrected chi connectivity index (χ2v) is 7.25. The highest BCUT2D eigenvalue weighted by Gasteiger charge is 2.38. The van der Waals surface area contributed by atoms with Crippen molar-refractivity contribution < 1.29 is 9.53 Å². The van der Waals surface area contributed by atoms with Gasteiger partial charge in [0, 0.05) is 16.7 Å². The molecule has 0 amide bonds. The fourth-order valence-corrected chi connectivity index (χ4v) is 3.64. The number of thioether (sulfide) groups is 1. The van der Waals surface area contributed by atoms with Gasteiger partial charge in [-0.25, -0.2) is 0 Å². The van der Waals surface area contributed by atoms with Crippen LogP contribution in [0.3, 0.4) is 0 Å². The van der Waals surface area contributed by atoms with Gasteiger partial charge in [-0.15, -0.1) is 11.8 Å². The Kier molecular flexibility index (Phi) is 5.33. The van der Waals surface area contributed by atoms with E-state index in [-0.39, 0.29) is 5.97 Å². The maximum absolute atomic E-state index is 12.1. The lowest BCUT2D eigenvalue weighted by Gasteiger charge is -2.28. The summed E-state index contributed by atoms with van der Waals surface area (Å²) in [6.07, 6.45) is 3.10. The number of ether oxygens (including phenoxy) is 1. The molecule has 0 saturated heterocycles. The molecule has 4 heteroatoms. The molecule has 1 aromatic rings. The monoisotopic (exact) mass is 307 g/mol. The van der Waals surface area contributed by atoms with E-state index in [1.54, 1.807) is 0 Å². The normalized spacial score (nSPS) is 17.3. The van der Waals surface area contributed by atoms with Crippen LogP contribution in [0.15, 0.2) is 23.1 Å². The first-order valence-electron chi connectivity index (χ1n) is 7.51. The Morgan fingerprint density at radius 2 is 2.14 bits per heavy atom. The molecule has 1 aliphatic carbocycles. The molecule has 116 valence electrons. The molecule has 1 N–H and O–H groups in total. The zero-order valence-electron chi connectivity index (χ0n) is 13.4. The summed E-state index contributed by atoms with van der Waals surface area (Å²) < 4.78 is 4.98. The van der Waals surface area contributed by atoms with Crippen LogP contribution in [0.25, 0.3) is 0 Å². The van der Waals surface area contributed by atoms with Crippen molar-refractivity contribution in [1.29, 1.82) is 0 Å². The molecule has 0 radical (unpaired) electrons. The first kappa shape index (κ1) is 16.4. The third kappa shape index (κ3) is 4.48. The average Bonchev–Trinajstić information content (AvgIpc) is 3.24. The van der Waals surface area contributed by atoms with Crippen LogP contribution in [0.4, 0.5) is 0 Å². The Hall–Kier alpha value is -1.00. The number of hydrogen-bond acceptors (Lipinski definition) is 4. The molecular formula is C17H25NO2S. The van der Waals surface area contributed by atoms with Crippen LogP contribution in [0, 0.1) is 13.8 Å². The van der Waals surface area contributed by atoms with Gasteiger partial charge in [0.15, 0.2) is 0 Å².